The molecular formula is C86H104N17O19P. The fraction of sp³-hybridized carbons (Fsp3) is 0.477. The van der Waals surface area contributed by atoms with Gasteiger partial charge >= 0.3 is 13.8 Å². The van der Waals surface area contributed by atoms with Crippen molar-refractivity contribution in [1.82, 2.24) is 40.5 Å². The second-order valence-corrected chi connectivity index (χ2v) is 36.7. The number of primary amides is 6. The number of aromatic hydroxyl groups is 2. The first-order valence-electron chi connectivity index (χ1n) is 40.8. The molecule has 652 valence electrons. The Kier molecular flexibility index (Phi) is 23.1. The molecule has 37 heteroatoms. The summed E-state index contributed by atoms with van der Waals surface area (Å²) >= 11 is 0. The maximum absolute atomic E-state index is 14.8. The number of ether oxygens (including phenoxy) is 3. The van der Waals surface area contributed by atoms with E-state index in [-0.39, 0.29) is 130 Å². The lowest BCUT2D eigenvalue weighted by Gasteiger charge is -2.48. The fourth-order valence-electron chi connectivity index (χ4n) is 20.3. The number of nitrogens with two attached hydrogens (primary N) is 6. The number of carbonyl (C=O) groups excluding carboxylic acids is 9. The van der Waals surface area contributed by atoms with Crippen LogP contribution in [0.5, 0.6) is 23.0 Å². The summed E-state index contributed by atoms with van der Waals surface area (Å²) in [7, 11) is -5.29. The number of fused-ring (bicyclic) bond motifs is 13. The molecule has 15 atom stereocenters. The smallest absolute Gasteiger partial charge is 0.472 e. The van der Waals surface area contributed by atoms with Gasteiger partial charge in [0.05, 0.1) is 65.6 Å². The standard InChI is InChI=1S/C86H104N17O19P/c1-40-26-58-59(27-41(40)2)103(39-95-58)79-73(113)74(62(119-79)38-102-37-46(100-101-102)36-94-78(114)45-12-15-49-55(28-45)86(120-80(49)115)51-16-13-47(104)29-60(51)118-61-30-48(105)14-17-52(61)86)122-123(116,117)121-42(3)35-93-70(112)24-25-82(8)56(31-67(90)109)77-85(11)84(10,34-69(92)111)54(20-23-66(89)108)72(99-85)44(5)76-83(9,33-68(91)110)50(18-21-64(87)106)57(96-76)32-63-81(6,7)53(19-22-65(88)107)71(97-63)43(4)75(82)98-77/h12-17,26-30,32,37,39,42,50,53-54,56,62,73-74,77,79,98,104-105,113H,18-25,31,33-36,38H2,1-11H3,(H2,87,106)(H2,88,107)(H2,89,108)(H2,90,109)(H2,91,110)(H2,92,111)(H,93,112)(H,94,114)(H,116,117)/b63-32-,75-43-,76-44-/t42-,50-,53-,54-,56+,62-,73-,74-,77-,79+,82-,83+,84+,85+/m1/s1. The first-order chi connectivity index (χ1) is 57.8. The lowest BCUT2D eigenvalue weighted by Crippen LogP contribution is -2.59. The number of aliphatic hydroxyl groups excluding tert-OH is 1. The van der Waals surface area contributed by atoms with Gasteiger partial charge in [0.15, 0.2) is 11.8 Å². The van der Waals surface area contributed by atoms with Crippen molar-refractivity contribution in [3.05, 3.63) is 158 Å². The summed E-state index contributed by atoms with van der Waals surface area (Å²) in [5.41, 5.74) is 36.8. The Bertz CT molecular complexity index is 5660. The summed E-state index contributed by atoms with van der Waals surface area (Å²) < 4.78 is 48.1. The summed E-state index contributed by atoms with van der Waals surface area (Å²) in [4.78, 5) is 156. The van der Waals surface area contributed by atoms with E-state index in [2.05, 4.69) is 31.2 Å². The zero-order valence-electron chi connectivity index (χ0n) is 70.2. The molecule has 123 heavy (non-hydrogen) atoms. The van der Waals surface area contributed by atoms with Gasteiger partial charge in [0, 0.05) is 160 Å². The molecule has 0 aliphatic carbocycles. The second-order valence-electron chi connectivity index (χ2n) is 35.3. The Labute approximate surface area is 707 Å². The third kappa shape index (κ3) is 15.9. The molecule has 10 heterocycles. The van der Waals surface area contributed by atoms with Gasteiger partial charge < -0.3 is 89.3 Å². The molecule has 8 amide bonds. The van der Waals surface area contributed by atoms with Crippen LogP contribution in [0.4, 0.5) is 0 Å². The van der Waals surface area contributed by atoms with Crippen LogP contribution in [0.3, 0.4) is 0 Å². The molecule has 2 aromatic heterocycles. The van der Waals surface area contributed by atoms with Gasteiger partial charge in [-0.05, 0) is 150 Å². The summed E-state index contributed by atoms with van der Waals surface area (Å²) in [5, 5.41) is 51.3. The Morgan fingerprint density at radius 2 is 1.35 bits per heavy atom. The summed E-state index contributed by atoms with van der Waals surface area (Å²) in [6, 6.07) is 15.8. The summed E-state index contributed by atoms with van der Waals surface area (Å²) in [5.74, 6) is -8.80. The minimum atomic E-state index is -5.29. The number of aliphatic imine (C=N–C) groups is 3. The molecule has 19 N–H and O–H groups in total. The van der Waals surface area contributed by atoms with Crippen molar-refractivity contribution in [2.45, 2.75) is 208 Å². The third-order valence-corrected chi connectivity index (χ3v) is 28.0. The average molecular weight is 1710 g/mol. The van der Waals surface area contributed by atoms with Gasteiger partial charge in [0.25, 0.3) is 5.91 Å². The summed E-state index contributed by atoms with van der Waals surface area (Å²) in [6.07, 6.45) is -3.68. The molecule has 2 saturated heterocycles. The number of hydrogen-bond acceptors (Lipinski definition) is 25. The number of phenols is 2. The maximum atomic E-state index is 14.8. The van der Waals surface area contributed by atoms with E-state index in [9.17, 15) is 67.9 Å². The number of esters is 1. The van der Waals surface area contributed by atoms with Crippen LogP contribution in [-0.4, -0.2) is 158 Å². The van der Waals surface area contributed by atoms with Crippen LogP contribution in [0, 0.1) is 59.2 Å². The molecule has 4 aromatic carbocycles. The van der Waals surface area contributed by atoms with E-state index < -0.39 is 154 Å². The van der Waals surface area contributed by atoms with Gasteiger partial charge in [-0.2, -0.15) is 0 Å². The van der Waals surface area contributed by atoms with E-state index in [1.165, 1.54) is 66.6 Å². The first kappa shape index (κ1) is 87.5. The van der Waals surface area contributed by atoms with Crippen LogP contribution in [-0.2, 0) is 75.3 Å². The van der Waals surface area contributed by atoms with Crippen LogP contribution in [0.25, 0.3) is 11.0 Å². The number of amides is 8. The number of aryl methyl sites for hydroxylation is 2. The van der Waals surface area contributed by atoms with Crippen LogP contribution in [0.2, 0.25) is 0 Å². The monoisotopic (exact) mass is 1710 g/mol. The van der Waals surface area contributed by atoms with Crippen molar-refractivity contribution in [1.29, 1.82) is 0 Å². The highest BCUT2D eigenvalue weighted by Crippen LogP contribution is 2.64. The van der Waals surface area contributed by atoms with Gasteiger partial charge in [-0.3, -0.25) is 62.4 Å². The van der Waals surface area contributed by atoms with Crippen molar-refractivity contribution in [3.8, 4) is 23.0 Å². The van der Waals surface area contributed by atoms with E-state index in [1.807, 2.05) is 80.5 Å². The van der Waals surface area contributed by atoms with Gasteiger partial charge in [-0.1, -0.05) is 39.8 Å². The normalized spacial score (nSPS) is 29.1. The number of hydrogen-bond donors (Lipinski definition) is 13. The van der Waals surface area contributed by atoms with E-state index >= 15 is 0 Å². The van der Waals surface area contributed by atoms with E-state index in [0.29, 0.717) is 73.1 Å². The Morgan fingerprint density at radius 1 is 0.715 bits per heavy atom. The molecule has 8 aliphatic rings. The molecular weight excluding hydrogens is 1610 g/mol. The van der Waals surface area contributed by atoms with Crippen molar-refractivity contribution >= 4 is 89.2 Å². The number of phosphoric acid groups is 1. The number of nitrogens with one attached hydrogen (secondary N) is 3. The molecule has 8 aliphatic heterocycles. The highest BCUT2D eigenvalue weighted by atomic mass is 31.2. The quantitative estimate of drug-likeness (QED) is 0.0172. The number of rotatable bonds is 30. The predicted octanol–water partition coefficient (Wildman–Crippen LogP) is 6.37. The largest absolute Gasteiger partial charge is 0.508 e. The van der Waals surface area contributed by atoms with Crippen LogP contribution < -0.4 is 55.1 Å². The first-order valence-corrected chi connectivity index (χ1v) is 42.3. The molecule has 0 radical (unpaired) electrons. The lowest BCUT2D eigenvalue weighted by atomic mass is 9.56. The third-order valence-electron chi connectivity index (χ3n) is 26.9. The van der Waals surface area contributed by atoms with Gasteiger partial charge in [-0.25, -0.2) is 19.0 Å². The molecule has 8 bridgehead atoms. The predicted molar refractivity (Wildman–Crippen MR) is 446 cm³/mol. The number of aromatic nitrogens is 5. The van der Waals surface area contributed by atoms with Gasteiger partial charge in [0.1, 0.15) is 47.0 Å². The second kappa shape index (κ2) is 32.5. The number of imidazole rings is 1. The molecule has 0 saturated carbocycles. The molecule has 2 fully saturated rings. The SMILES string of the molecule is C/C1=C2/N[C@H]([C@H](CC(N)=O)[C@@]2(C)CCC(=O)NC[C@@H](C)OP(=O)(O)O[C@H]2[C@@H](O)[C@@H](n3cnc4cc(C)c(C)cc43)O[C@@H]2Cn2cc(CNC(=O)c3ccc4c(c3)C3(OC4=O)c4ccc(O)cc4Oc4cc(O)ccc43)nn2)[C@]2(C)N=C(/C(C)=C3N=C(/C=C4N=C1[C@@H](CCC(N)=O)C\4(C)C)[C@@H](CCC(N)=O)[C@]\3(C)CC(N)=O)[C@@H](CCC(N)=O)[C@]2(C)CC(N)=O. The maximum Gasteiger partial charge on any atom is 0.472 e. The van der Waals surface area contributed by atoms with Crippen molar-refractivity contribution in [2.24, 2.45) is 94.7 Å². The van der Waals surface area contributed by atoms with Crippen molar-refractivity contribution < 1.29 is 91.2 Å². The zero-order chi connectivity index (χ0) is 89.0. The van der Waals surface area contributed by atoms with Crippen LogP contribution >= 0.6 is 7.82 Å². The minimum absolute atomic E-state index is 0.0365. The molecule has 1 unspecified atom stereocenters. The highest BCUT2D eigenvalue weighted by Gasteiger charge is 2.67. The number of carbonyl (C=O) groups is 9. The van der Waals surface area contributed by atoms with Crippen molar-refractivity contribution in [3.63, 3.8) is 0 Å². The topological polar surface area (TPSA) is 576 Å². The Balaban J connectivity index is 0.732. The number of phosphoric ester groups is 1. The Morgan fingerprint density at radius 3 is 1.98 bits per heavy atom. The number of aliphatic hydroxyl groups is 1. The van der Waals surface area contributed by atoms with Gasteiger partial charge in [0.2, 0.25) is 41.4 Å². The molecule has 1 spiro atoms. The average Bonchev–Trinajstić information content (AvgIpc) is 1.31. The lowest BCUT2D eigenvalue weighted by molar-refractivity contribution is -0.124. The van der Waals surface area contributed by atoms with Crippen LogP contribution in [0.15, 0.2) is 129 Å². The van der Waals surface area contributed by atoms with Crippen LogP contribution in [0.1, 0.15) is 193 Å². The summed E-state index contributed by atoms with van der Waals surface area (Å²) in [6.45, 7) is 19.3. The zero-order valence-corrected chi connectivity index (χ0v) is 71.1. The fourth-order valence-corrected chi connectivity index (χ4v) is 21.4. The molecule has 36 nitrogen and oxygen atoms in total. The molecule has 14 rings (SSSR count). The highest BCUT2D eigenvalue weighted by molar-refractivity contribution is 7.47. The number of allylic oxidation sites excluding steroid dienone is 6. The number of benzene rings is 4. The van der Waals surface area contributed by atoms with E-state index in [4.69, 9.17) is 72.6 Å². The molecule has 6 aromatic rings. The van der Waals surface area contributed by atoms with Gasteiger partial charge in [-0.15, -0.1) is 5.10 Å². The van der Waals surface area contributed by atoms with E-state index in [0.717, 1.165) is 11.1 Å². The minimum Gasteiger partial charge on any atom is -0.508 e. The van der Waals surface area contributed by atoms with Crippen molar-refractivity contribution in [2.75, 3.05) is 6.54 Å². The number of phenolic OH excluding ortho intramolecular Hbond substituents is 2. The Hall–Kier alpha value is -11.8. The number of nitrogens with zero attached hydrogens (tertiary/aromatic N) is 8. The van der Waals surface area contributed by atoms with E-state index in [1.54, 1.807) is 23.6 Å².